The number of amides is 1. The van der Waals surface area contributed by atoms with Crippen molar-refractivity contribution in [3.63, 3.8) is 0 Å². The Hall–Kier alpha value is -2.19. The first-order chi connectivity index (χ1) is 8.60. The van der Waals surface area contributed by atoms with Crippen LogP contribution in [0.5, 0.6) is 0 Å². The molecule has 1 aromatic rings. The number of carbonyl (C=O) groups is 1. The molecule has 1 aromatic carbocycles. The second kappa shape index (κ2) is 6.52. The predicted octanol–water partition coefficient (Wildman–Crippen LogP) is 0.257. The van der Waals surface area contributed by atoms with E-state index in [9.17, 15) is 14.9 Å². The molecule has 0 saturated heterocycles. The van der Waals surface area contributed by atoms with Gasteiger partial charge in [0.05, 0.1) is 11.5 Å². The van der Waals surface area contributed by atoms with E-state index in [1.165, 1.54) is 19.2 Å². The van der Waals surface area contributed by atoms with E-state index in [4.69, 9.17) is 10.6 Å². The lowest BCUT2D eigenvalue weighted by molar-refractivity contribution is -0.384. The lowest BCUT2D eigenvalue weighted by Gasteiger charge is -2.06. The van der Waals surface area contributed by atoms with Crippen molar-refractivity contribution in [2.24, 2.45) is 5.84 Å². The highest BCUT2D eigenvalue weighted by Gasteiger charge is 2.16. The highest BCUT2D eigenvalue weighted by atomic mass is 16.6. The van der Waals surface area contributed by atoms with Crippen LogP contribution in [0, 0.1) is 10.1 Å². The Morgan fingerprint density at radius 3 is 2.83 bits per heavy atom. The third kappa shape index (κ3) is 3.40. The molecule has 0 atom stereocenters. The fourth-order valence-corrected chi connectivity index (χ4v) is 1.31. The van der Waals surface area contributed by atoms with Crippen LogP contribution in [0.1, 0.15) is 10.4 Å². The summed E-state index contributed by atoms with van der Waals surface area (Å²) in [5.74, 6) is 4.74. The van der Waals surface area contributed by atoms with Crippen LogP contribution < -0.4 is 16.6 Å². The van der Waals surface area contributed by atoms with Crippen molar-refractivity contribution in [3.8, 4) is 0 Å². The first kappa shape index (κ1) is 13.9. The molecule has 0 saturated carbocycles. The van der Waals surface area contributed by atoms with Gasteiger partial charge in [0.25, 0.3) is 11.6 Å². The Balaban J connectivity index is 2.87. The summed E-state index contributed by atoms with van der Waals surface area (Å²) in [7, 11) is 1.51. The zero-order valence-electron chi connectivity index (χ0n) is 9.80. The molecule has 0 fully saturated rings. The molecular weight excluding hydrogens is 240 g/mol. The molecule has 0 unspecified atom stereocenters. The van der Waals surface area contributed by atoms with Crippen molar-refractivity contribution < 1.29 is 14.5 Å². The van der Waals surface area contributed by atoms with Crippen molar-refractivity contribution in [3.05, 3.63) is 33.9 Å². The third-order valence-corrected chi connectivity index (χ3v) is 2.20. The minimum absolute atomic E-state index is 0.147. The van der Waals surface area contributed by atoms with Gasteiger partial charge >= 0.3 is 0 Å². The quantitative estimate of drug-likeness (QED) is 0.290. The minimum atomic E-state index is -0.610. The van der Waals surface area contributed by atoms with Gasteiger partial charge in [-0.3, -0.25) is 20.8 Å². The summed E-state index contributed by atoms with van der Waals surface area (Å²) < 4.78 is 4.78. The number of nitrogen functional groups attached to an aromatic ring is 1. The van der Waals surface area contributed by atoms with E-state index in [0.29, 0.717) is 13.2 Å². The van der Waals surface area contributed by atoms with Gasteiger partial charge in [-0.15, -0.1) is 0 Å². The maximum Gasteiger partial charge on any atom is 0.294 e. The number of nitrogens with two attached hydrogens (primary N) is 1. The Bertz CT molecular complexity index is 450. The highest BCUT2D eigenvalue weighted by Crippen LogP contribution is 2.24. The van der Waals surface area contributed by atoms with Crippen LogP contribution in [-0.4, -0.2) is 31.1 Å². The van der Waals surface area contributed by atoms with Crippen LogP contribution in [0.3, 0.4) is 0 Å². The van der Waals surface area contributed by atoms with Gasteiger partial charge in [0.2, 0.25) is 0 Å². The van der Waals surface area contributed by atoms with E-state index >= 15 is 0 Å². The van der Waals surface area contributed by atoms with Crippen molar-refractivity contribution in [1.82, 2.24) is 5.32 Å². The molecule has 8 heteroatoms. The van der Waals surface area contributed by atoms with Crippen LogP contribution in [0.4, 0.5) is 11.4 Å². The number of nitrogens with zero attached hydrogens (tertiary/aromatic N) is 1. The second-order valence-corrected chi connectivity index (χ2v) is 3.38. The average molecular weight is 254 g/mol. The molecule has 4 N–H and O–H groups in total. The molecule has 0 heterocycles. The Morgan fingerprint density at radius 1 is 1.56 bits per heavy atom. The molecule has 0 aliphatic rings. The fourth-order valence-electron chi connectivity index (χ4n) is 1.31. The van der Waals surface area contributed by atoms with Gasteiger partial charge < -0.3 is 15.5 Å². The van der Waals surface area contributed by atoms with E-state index in [1.807, 2.05) is 0 Å². The summed E-state index contributed by atoms with van der Waals surface area (Å²) in [5, 5.41) is 13.3. The maximum atomic E-state index is 11.7. The van der Waals surface area contributed by atoms with Gasteiger partial charge in [0.1, 0.15) is 5.69 Å². The number of rotatable bonds is 6. The monoisotopic (exact) mass is 254 g/mol. The van der Waals surface area contributed by atoms with Crippen molar-refractivity contribution in [1.29, 1.82) is 0 Å². The number of carbonyl (C=O) groups excluding carboxylic acids is 1. The van der Waals surface area contributed by atoms with Gasteiger partial charge in [0.15, 0.2) is 0 Å². The molecule has 0 spiro atoms. The predicted molar refractivity (Wildman–Crippen MR) is 65.1 cm³/mol. The van der Waals surface area contributed by atoms with E-state index in [2.05, 4.69) is 10.7 Å². The summed E-state index contributed by atoms with van der Waals surface area (Å²) in [4.78, 5) is 21.8. The summed E-state index contributed by atoms with van der Waals surface area (Å²) in [6.07, 6.45) is 0. The molecule has 0 aliphatic heterocycles. The molecule has 8 nitrogen and oxygen atoms in total. The van der Waals surface area contributed by atoms with Gasteiger partial charge in [-0.2, -0.15) is 0 Å². The number of nitro groups is 1. The number of anilines is 1. The van der Waals surface area contributed by atoms with Crippen molar-refractivity contribution in [2.75, 3.05) is 25.7 Å². The number of ether oxygens (including phenoxy) is 1. The number of methoxy groups -OCH3 is 1. The smallest absolute Gasteiger partial charge is 0.294 e. The van der Waals surface area contributed by atoms with Crippen LogP contribution >= 0.6 is 0 Å². The number of hydrogen-bond donors (Lipinski definition) is 3. The van der Waals surface area contributed by atoms with Crippen LogP contribution in [0.15, 0.2) is 18.2 Å². The van der Waals surface area contributed by atoms with E-state index in [1.54, 1.807) is 0 Å². The second-order valence-electron chi connectivity index (χ2n) is 3.38. The van der Waals surface area contributed by atoms with Gasteiger partial charge in [-0.05, 0) is 12.1 Å². The lowest BCUT2D eigenvalue weighted by Crippen LogP contribution is -2.27. The first-order valence-electron chi connectivity index (χ1n) is 5.12. The average Bonchev–Trinajstić information content (AvgIpc) is 2.38. The minimum Gasteiger partial charge on any atom is -0.383 e. The van der Waals surface area contributed by atoms with Gasteiger partial charge in [-0.1, -0.05) is 0 Å². The number of nitro benzene ring substituents is 1. The van der Waals surface area contributed by atoms with Crippen LogP contribution in [0.2, 0.25) is 0 Å². The molecule has 0 aromatic heterocycles. The Labute approximate surface area is 103 Å². The molecule has 1 rings (SSSR count). The van der Waals surface area contributed by atoms with E-state index in [-0.39, 0.29) is 16.9 Å². The van der Waals surface area contributed by atoms with Crippen LogP contribution in [0.25, 0.3) is 0 Å². The van der Waals surface area contributed by atoms with Crippen LogP contribution in [-0.2, 0) is 4.74 Å². The standard InChI is InChI=1S/C10H14N4O4/c1-18-5-4-12-10(15)7-2-3-8(13-11)9(6-7)14(16)17/h2-3,6,13H,4-5,11H2,1H3,(H,12,15). The van der Waals surface area contributed by atoms with Crippen molar-refractivity contribution >= 4 is 17.3 Å². The molecule has 98 valence electrons. The van der Waals surface area contributed by atoms with E-state index in [0.717, 1.165) is 6.07 Å². The normalized spacial score (nSPS) is 9.89. The zero-order chi connectivity index (χ0) is 13.5. The van der Waals surface area contributed by atoms with Gasteiger partial charge in [-0.25, -0.2) is 0 Å². The summed E-state index contributed by atoms with van der Waals surface area (Å²) in [5.41, 5.74) is 2.29. The number of benzene rings is 1. The molecular formula is C10H14N4O4. The first-order valence-corrected chi connectivity index (χ1v) is 5.12. The Kier molecular flexibility index (Phi) is 5.03. The number of hydrogen-bond acceptors (Lipinski definition) is 6. The zero-order valence-corrected chi connectivity index (χ0v) is 9.80. The molecule has 0 bridgehead atoms. The number of nitrogens with one attached hydrogen (secondary N) is 2. The molecule has 0 aliphatic carbocycles. The molecule has 1 amide bonds. The maximum absolute atomic E-state index is 11.7. The number of hydrazine groups is 1. The highest BCUT2D eigenvalue weighted by molar-refractivity contribution is 5.95. The van der Waals surface area contributed by atoms with Crippen molar-refractivity contribution in [2.45, 2.75) is 0 Å². The van der Waals surface area contributed by atoms with E-state index < -0.39 is 10.8 Å². The fraction of sp³-hybridized carbons (Fsp3) is 0.300. The van der Waals surface area contributed by atoms with Gasteiger partial charge in [0, 0.05) is 25.3 Å². The Morgan fingerprint density at radius 2 is 2.28 bits per heavy atom. The molecule has 18 heavy (non-hydrogen) atoms. The largest absolute Gasteiger partial charge is 0.383 e. The third-order valence-electron chi connectivity index (χ3n) is 2.20. The lowest BCUT2D eigenvalue weighted by atomic mass is 10.1. The summed E-state index contributed by atoms with van der Waals surface area (Å²) in [6, 6.07) is 3.99. The topological polar surface area (TPSA) is 120 Å². The summed E-state index contributed by atoms with van der Waals surface area (Å²) in [6.45, 7) is 0.705. The SMILES string of the molecule is COCCNC(=O)c1ccc(NN)c([N+](=O)[O-])c1. The summed E-state index contributed by atoms with van der Waals surface area (Å²) >= 11 is 0. The molecule has 0 radical (unpaired) electrons.